The molecular formula is C15H13N3O3. The highest BCUT2D eigenvalue weighted by atomic mass is 16.4. The smallest absolute Gasteiger partial charge is 0.437 e. The predicted molar refractivity (Wildman–Crippen MR) is 77.8 cm³/mol. The van der Waals surface area contributed by atoms with Crippen molar-refractivity contribution in [3.8, 4) is 17.2 Å². The number of benzene rings is 2. The molecule has 0 aliphatic heterocycles. The van der Waals surface area contributed by atoms with E-state index in [1.165, 1.54) is 10.7 Å². The van der Waals surface area contributed by atoms with Crippen LogP contribution in [0.5, 0.6) is 5.75 Å². The van der Waals surface area contributed by atoms with Crippen LogP contribution < -0.4 is 11.5 Å². The molecule has 0 spiro atoms. The van der Waals surface area contributed by atoms with Crippen LogP contribution in [0.15, 0.2) is 57.7 Å². The summed E-state index contributed by atoms with van der Waals surface area (Å²) in [6.07, 6.45) is 0. The van der Waals surface area contributed by atoms with E-state index in [4.69, 9.17) is 10.2 Å². The molecule has 0 fully saturated rings. The summed E-state index contributed by atoms with van der Waals surface area (Å²) in [5.41, 5.74) is 7.24. The van der Waals surface area contributed by atoms with Crippen LogP contribution in [0, 0.1) is 0 Å². The van der Waals surface area contributed by atoms with Gasteiger partial charge < -0.3 is 15.3 Å². The Labute approximate surface area is 120 Å². The van der Waals surface area contributed by atoms with Crippen LogP contribution >= 0.6 is 0 Å². The number of hydrogen-bond donors (Lipinski definition) is 2. The molecule has 21 heavy (non-hydrogen) atoms. The quantitative estimate of drug-likeness (QED) is 0.715. The van der Waals surface area contributed by atoms with Gasteiger partial charge in [-0.25, -0.2) is 4.79 Å². The average Bonchev–Trinajstić information content (AvgIpc) is 2.81. The highest BCUT2D eigenvalue weighted by Gasteiger charge is 2.14. The molecule has 0 radical (unpaired) electrons. The van der Waals surface area contributed by atoms with Crippen LogP contribution in [0.1, 0.15) is 5.56 Å². The second-order valence-corrected chi connectivity index (χ2v) is 4.59. The van der Waals surface area contributed by atoms with Crippen LogP contribution in [0.3, 0.4) is 0 Å². The van der Waals surface area contributed by atoms with Crippen molar-refractivity contribution in [1.82, 2.24) is 9.78 Å². The summed E-state index contributed by atoms with van der Waals surface area (Å²) in [6, 6.07) is 14.0. The number of hydrogen-bond acceptors (Lipinski definition) is 5. The van der Waals surface area contributed by atoms with Crippen LogP contribution in [-0.2, 0) is 6.54 Å². The molecule has 0 amide bonds. The number of anilines is 1. The Morgan fingerprint density at radius 2 is 1.95 bits per heavy atom. The van der Waals surface area contributed by atoms with Gasteiger partial charge in [-0.3, -0.25) is 0 Å². The first-order chi connectivity index (χ1) is 10.1. The number of nitrogens with two attached hydrogens (primary N) is 1. The lowest BCUT2D eigenvalue weighted by molar-refractivity contribution is 0.468. The van der Waals surface area contributed by atoms with Gasteiger partial charge in [0, 0.05) is 11.8 Å². The summed E-state index contributed by atoms with van der Waals surface area (Å²) in [7, 11) is 0. The predicted octanol–water partition coefficient (Wildman–Crippen LogP) is 1.84. The summed E-state index contributed by atoms with van der Waals surface area (Å²) >= 11 is 0. The first kappa shape index (κ1) is 13.0. The lowest BCUT2D eigenvalue weighted by atomic mass is 10.2. The molecule has 0 saturated carbocycles. The summed E-state index contributed by atoms with van der Waals surface area (Å²) < 4.78 is 6.30. The van der Waals surface area contributed by atoms with E-state index < -0.39 is 5.76 Å². The average molecular weight is 283 g/mol. The van der Waals surface area contributed by atoms with Crippen molar-refractivity contribution in [2.75, 3.05) is 5.73 Å². The Morgan fingerprint density at radius 1 is 1.19 bits per heavy atom. The van der Waals surface area contributed by atoms with E-state index in [-0.39, 0.29) is 11.6 Å². The van der Waals surface area contributed by atoms with Gasteiger partial charge in [0.1, 0.15) is 5.75 Å². The van der Waals surface area contributed by atoms with E-state index in [2.05, 4.69) is 5.10 Å². The number of phenols is 1. The van der Waals surface area contributed by atoms with E-state index in [0.29, 0.717) is 17.8 Å². The van der Waals surface area contributed by atoms with Gasteiger partial charge in [-0.05, 0) is 17.7 Å². The van der Waals surface area contributed by atoms with Gasteiger partial charge in [-0.15, -0.1) is 5.10 Å². The van der Waals surface area contributed by atoms with Gasteiger partial charge in [-0.2, -0.15) is 4.68 Å². The fourth-order valence-electron chi connectivity index (χ4n) is 2.00. The van der Waals surface area contributed by atoms with Crippen molar-refractivity contribution in [3.63, 3.8) is 0 Å². The largest absolute Gasteiger partial charge is 0.507 e. The van der Waals surface area contributed by atoms with Gasteiger partial charge in [-0.1, -0.05) is 30.3 Å². The highest BCUT2D eigenvalue weighted by molar-refractivity contribution is 5.65. The van der Waals surface area contributed by atoms with Crippen LogP contribution in [-0.4, -0.2) is 14.9 Å². The fourth-order valence-corrected chi connectivity index (χ4v) is 2.00. The third-order valence-electron chi connectivity index (χ3n) is 3.03. The van der Waals surface area contributed by atoms with Crippen molar-refractivity contribution >= 4 is 5.69 Å². The minimum absolute atomic E-state index is 0.0634. The van der Waals surface area contributed by atoms with E-state index in [9.17, 15) is 9.90 Å². The van der Waals surface area contributed by atoms with Gasteiger partial charge in [0.25, 0.3) is 5.89 Å². The maximum atomic E-state index is 11.8. The number of aromatic hydroxyl groups is 1. The van der Waals surface area contributed by atoms with E-state index in [1.54, 1.807) is 12.1 Å². The molecule has 1 heterocycles. The molecule has 0 aliphatic carbocycles. The molecule has 1 aromatic heterocycles. The monoisotopic (exact) mass is 283 g/mol. The summed E-state index contributed by atoms with van der Waals surface area (Å²) in [6.45, 7) is 0.304. The van der Waals surface area contributed by atoms with Crippen molar-refractivity contribution in [1.29, 1.82) is 0 Å². The van der Waals surface area contributed by atoms with Crippen molar-refractivity contribution in [2.45, 2.75) is 6.54 Å². The summed E-state index contributed by atoms with van der Waals surface area (Å²) in [5.74, 6) is -0.596. The lowest BCUT2D eigenvalue weighted by Gasteiger charge is -2.00. The fraction of sp³-hybridized carbons (Fsp3) is 0.0667. The SMILES string of the molecule is Nc1ccc(-c2nn(Cc3ccccc3)c(=O)o2)c(O)c1. The Morgan fingerprint density at radius 3 is 2.67 bits per heavy atom. The molecule has 0 aliphatic rings. The van der Waals surface area contributed by atoms with Gasteiger partial charge in [0.15, 0.2) is 0 Å². The second-order valence-electron chi connectivity index (χ2n) is 4.59. The number of nitrogen functional groups attached to an aromatic ring is 1. The van der Waals surface area contributed by atoms with Crippen molar-refractivity contribution in [2.24, 2.45) is 0 Å². The Balaban J connectivity index is 1.96. The Bertz CT molecular complexity index is 822. The van der Waals surface area contributed by atoms with Crippen LogP contribution in [0.25, 0.3) is 11.5 Å². The Hall–Kier alpha value is -3.02. The molecule has 0 bridgehead atoms. The Kier molecular flexibility index (Phi) is 3.19. The topological polar surface area (TPSA) is 94.3 Å². The third-order valence-corrected chi connectivity index (χ3v) is 3.03. The maximum Gasteiger partial charge on any atom is 0.437 e. The highest BCUT2D eigenvalue weighted by Crippen LogP contribution is 2.28. The number of rotatable bonds is 3. The first-order valence-corrected chi connectivity index (χ1v) is 6.34. The van der Waals surface area contributed by atoms with E-state index in [1.807, 2.05) is 30.3 Å². The molecule has 3 N–H and O–H groups in total. The van der Waals surface area contributed by atoms with Gasteiger partial charge in [0.05, 0.1) is 12.1 Å². The minimum Gasteiger partial charge on any atom is -0.507 e. The van der Waals surface area contributed by atoms with Crippen LogP contribution in [0.4, 0.5) is 5.69 Å². The minimum atomic E-state index is -0.579. The normalized spacial score (nSPS) is 10.7. The molecule has 6 nitrogen and oxygen atoms in total. The second kappa shape index (κ2) is 5.16. The number of phenolic OH excluding ortho intramolecular Hbond substituents is 1. The molecule has 3 rings (SSSR count). The van der Waals surface area contributed by atoms with Crippen molar-refractivity contribution in [3.05, 3.63) is 64.6 Å². The molecule has 3 aromatic rings. The van der Waals surface area contributed by atoms with Crippen LogP contribution in [0.2, 0.25) is 0 Å². The van der Waals surface area contributed by atoms with Gasteiger partial charge in [0.2, 0.25) is 0 Å². The molecule has 0 unspecified atom stereocenters. The van der Waals surface area contributed by atoms with E-state index >= 15 is 0 Å². The lowest BCUT2D eigenvalue weighted by Crippen LogP contribution is -2.16. The summed E-state index contributed by atoms with van der Waals surface area (Å²) in [5, 5.41) is 13.9. The van der Waals surface area contributed by atoms with Gasteiger partial charge >= 0.3 is 5.76 Å². The first-order valence-electron chi connectivity index (χ1n) is 6.34. The zero-order valence-electron chi connectivity index (χ0n) is 11.1. The zero-order chi connectivity index (χ0) is 14.8. The zero-order valence-corrected chi connectivity index (χ0v) is 11.1. The summed E-state index contributed by atoms with van der Waals surface area (Å²) in [4.78, 5) is 11.8. The molecule has 6 heteroatoms. The molecular weight excluding hydrogens is 270 g/mol. The molecule has 106 valence electrons. The van der Waals surface area contributed by atoms with E-state index in [0.717, 1.165) is 5.56 Å². The molecule has 0 saturated heterocycles. The van der Waals surface area contributed by atoms with Crippen molar-refractivity contribution < 1.29 is 9.52 Å². The molecule has 2 aromatic carbocycles. The maximum absolute atomic E-state index is 11.8. The third kappa shape index (κ3) is 2.64. The number of aromatic nitrogens is 2. The standard InChI is InChI=1S/C15H13N3O3/c16-11-6-7-12(13(19)8-11)14-17-18(15(20)21-14)9-10-4-2-1-3-5-10/h1-8,19H,9,16H2. The molecule has 0 atom stereocenters. The number of nitrogens with zero attached hydrogens (tertiary/aromatic N) is 2.